The molecule has 92 valence electrons. The molecule has 1 fully saturated rings. The molecule has 0 atom stereocenters. The van der Waals surface area contributed by atoms with E-state index in [0.717, 1.165) is 30.3 Å². The van der Waals surface area contributed by atoms with Gasteiger partial charge in [-0.15, -0.1) is 0 Å². The van der Waals surface area contributed by atoms with Crippen molar-refractivity contribution in [1.29, 1.82) is 5.26 Å². The minimum atomic E-state index is 0.317. The number of hydrogen-bond acceptors (Lipinski definition) is 6. The van der Waals surface area contributed by atoms with Crippen LogP contribution in [0, 0.1) is 11.3 Å². The predicted octanol–water partition coefficient (Wildman–Crippen LogP) is 2.32. The highest BCUT2D eigenvalue weighted by Gasteiger charge is 2.26. The van der Waals surface area contributed by atoms with Crippen LogP contribution in [0.25, 0.3) is 0 Å². The molecule has 1 aliphatic heterocycles. The summed E-state index contributed by atoms with van der Waals surface area (Å²) in [5.41, 5.74) is 6.24. The van der Waals surface area contributed by atoms with Gasteiger partial charge in [-0.1, -0.05) is 13.8 Å². The minimum absolute atomic E-state index is 0.317. The van der Waals surface area contributed by atoms with Crippen LogP contribution in [0.5, 0.6) is 0 Å². The molecule has 0 aromatic carbocycles. The number of nitriles is 1. The zero-order valence-corrected chi connectivity index (χ0v) is 11.7. The van der Waals surface area contributed by atoms with Crippen LogP contribution >= 0.6 is 23.3 Å². The number of nitrogens with zero attached hydrogens (tertiary/aromatic N) is 3. The lowest BCUT2D eigenvalue weighted by molar-refractivity contribution is 0.639. The third kappa shape index (κ3) is 2.67. The monoisotopic (exact) mass is 268 g/mol. The van der Waals surface area contributed by atoms with Gasteiger partial charge in [0.25, 0.3) is 0 Å². The summed E-state index contributed by atoms with van der Waals surface area (Å²) in [5, 5.41) is 10.0. The molecule has 0 saturated carbocycles. The topological polar surface area (TPSA) is 65.9 Å². The third-order valence-electron chi connectivity index (χ3n) is 2.94. The van der Waals surface area contributed by atoms with E-state index in [1.165, 1.54) is 11.5 Å². The van der Waals surface area contributed by atoms with E-state index in [9.17, 15) is 0 Å². The Morgan fingerprint density at radius 3 is 2.94 bits per heavy atom. The highest BCUT2D eigenvalue weighted by molar-refractivity contribution is 8.00. The van der Waals surface area contributed by atoms with Crippen LogP contribution in [-0.4, -0.2) is 28.0 Å². The average molecular weight is 268 g/mol. The van der Waals surface area contributed by atoms with Crippen LogP contribution in [0.15, 0.2) is 0 Å². The van der Waals surface area contributed by atoms with Gasteiger partial charge >= 0.3 is 0 Å². The van der Waals surface area contributed by atoms with Gasteiger partial charge in [-0.3, -0.25) is 0 Å². The fourth-order valence-corrected chi connectivity index (χ4v) is 3.75. The average Bonchev–Trinajstić information content (AvgIpc) is 2.54. The van der Waals surface area contributed by atoms with Crippen LogP contribution in [0.2, 0.25) is 0 Å². The molecular formula is C11H16N4S2. The maximum absolute atomic E-state index is 9.10. The maximum Gasteiger partial charge on any atom is 0.157 e. The molecule has 1 aromatic heterocycles. The summed E-state index contributed by atoms with van der Waals surface area (Å²) in [6.07, 6.45) is 1.11. The Bertz CT molecular complexity index is 447. The van der Waals surface area contributed by atoms with Crippen LogP contribution in [-0.2, 0) is 0 Å². The Kier molecular flexibility index (Phi) is 3.50. The second-order valence-corrected chi connectivity index (χ2v) is 7.26. The van der Waals surface area contributed by atoms with Gasteiger partial charge in [-0.2, -0.15) is 21.4 Å². The first-order valence-corrected chi connectivity index (χ1v) is 7.33. The summed E-state index contributed by atoms with van der Waals surface area (Å²) >= 11 is 3.32. The minimum Gasteiger partial charge on any atom is -0.382 e. The molecule has 0 amide bonds. The van der Waals surface area contributed by atoms with Crippen LogP contribution in [0.4, 0.5) is 10.8 Å². The van der Waals surface area contributed by atoms with Gasteiger partial charge in [-0.25, -0.2) is 0 Å². The van der Waals surface area contributed by atoms with E-state index in [1.54, 1.807) is 0 Å². The summed E-state index contributed by atoms with van der Waals surface area (Å²) in [7, 11) is 0. The van der Waals surface area contributed by atoms with E-state index < -0.39 is 0 Å². The summed E-state index contributed by atoms with van der Waals surface area (Å²) in [5.74, 6) is 1.44. The first-order valence-electron chi connectivity index (χ1n) is 5.58. The first-order chi connectivity index (χ1) is 8.03. The molecule has 1 aromatic rings. The van der Waals surface area contributed by atoms with Gasteiger partial charge in [0.15, 0.2) is 5.82 Å². The summed E-state index contributed by atoms with van der Waals surface area (Å²) < 4.78 is 4.40. The molecule has 1 saturated heterocycles. The SMILES string of the molecule is CC1(C)CCN(c2snc(N)c2C#N)CCS1. The van der Waals surface area contributed by atoms with Crippen molar-refractivity contribution in [3.63, 3.8) is 0 Å². The zero-order chi connectivity index (χ0) is 12.5. The quantitative estimate of drug-likeness (QED) is 0.846. The Hall–Kier alpha value is -0.930. The van der Waals surface area contributed by atoms with Crippen LogP contribution in [0.1, 0.15) is 25.8 Å². The fraction of sp³-hybridized carbons (Fsp3) is 0.636. The van der Waals surface area contributed by atoms with E-state index in [1.807, 2.05) is 11.8 Å². The van der Waals surface area contributed by atoms with Gasteiger partial charge in [0.1, 0.15) is 16.6 Å². The molecule has 17 heavy (non-hydrogen) atoms. The van der Waals surface area contributed by atoms with Gasteiger partial charge in [-0.05, 0) is 18.0 Å². The molecule has 0 bridgehead atoms. The Labute approximate surface area is 110 Å². The normalized spacial score (nSPS) is 19.7. The molecule has 2 N–H and O–H groups in total. The molecule has 2 rings (SSSR count). The number of rotatable bonds is 1. The van der Waals surface area contributed by atoms with Gasteiger partial charge < -0.3 is 10.6 Å². The van der Waals surface area contributed by atoms with Crippen molar-refractivity contribution < 1.29 is 0 Å². The molecule has 0 aliphatic carbocycles. The fourth-order valence-electron chi connectivity index (χ4n) is 1.84. The van der Waals surface area contributed by atoms with Gasteiger partial charge in [0.05, 0.1) is 0 Å². The molecule has 2 heterocycles. The number of anilines is 2. The largest absolute Gasteiger partial charge is 0.382 e. The summed E-state index contributed by atoms with van der Waals surface area (Å²) in [4.78, 5) is 2.24. The highest BCUT2D eigenvalue weighted by atomic mass is 32.2. The van der Waals surface area contributed by atoms with Crippen molar-refractivity contribution in [2.75, 3.05) is 29.5 Å². The van der Waals surface area contributed by atoms with Crippen molar-refractivity contribution in [1.82, 2.24) is 4.37 Å². The summed E-state index contributed by atoms with van der Waals surface area (Å²) in [6.45, 7) is 6.47. The van der Waals surface area contributed by atoms with Crippen molar-refractivity contribution >= 4 is 34.1 Å². The molecule has 0 unspecified atom stereocenters. The Morgan fingerprint density at radius 1 is 1.47 bits per heavy atom. The Morgan fingerprint density at radius 2 is 2.24 bits per heavy atom. The molecular weight excluding hydrogens is 252 g/mol. The molecule has 0 radical (unpaired) electrons. The predicted molar refractivity (Wildman–Crippen MR) is 74.6 cm³/mol. The lowest BCUT2D eigenvalue weighted by Crippen LogP contribution is -2.26. The van der Waals surface area contributed by atoms with E-state index in [4.69, 9.17) is 11.0 Å². The first kappa shape index (κ1) is 12.5. The van der Waals surface area contributed by atoms with Gasteiger partial charge in [0, 0.05) is 23.6 Å². The second-order valence-electron chi connectivity index (χ2n) is 4.70. The Balaban J connectivity index is 2.20. The maximum atomic E-state index is 9.10. The lowest BCUT2D eigenvalue weighted by atomic mass is 10.1. The van der Waals surface area contributed by atoms with E-state index in [0.29, 0.717) is 16.1 Å². The molecule has 0 spiro atoms. The van der Waals surface area contributed by atoms with Crippen molar-refractivity contribution in [3.8, 4) is 6.07 Å². The van der Waals surface area contributed by atoms with Gasteiger partial charge in [0.2, 0.25) is 0 Å². The zero-order valence-electron chi connectivity index (χ0n) is 10.1. The third-order valence-corrected chi connectivity index (χ3v) is 5.23. The van der Waals surface area contributed by atoms with Crippen LogP contribution in [0.3, 0.4) is 0 Å². The van der Waals surface area contributed by atoms with Crippen molar-refractivity contribution in [3.05, 3.63) is 5.56 Å². The molecule has 6 heteroatoms. The van der Waals surface area contributed by atoms with E-state index in [-0.39, 0.29) is 0 Å². The number of aromatic nitrogens is 1. The number of nitrogen functional groups attached to an aromatic ring is 1. The lowest BCUT2D eigenvalue weighted by Gasteiger charge is -2.22. The van der Waals surface area contributed by atoms with Crippen LogP contribution < -0.4 is 10.6 Å². The van der Waals surface area contributed by atoms with Crippen molar-refractivity contribution in [2.45, 2.75) is 25.0 Å². The van der Waals surface area contributed by atoms with E-state index in [2.05, 4.69) is 29.2 Å². The molecule has 4 nitrogen and oxygen atoms in total. The number of nitrogens with two attached hydrogens (primary N) is 1. The number of thioether (sulfide) groups is 1. The van der Waals surface area contributed by atoms with Crippen molar-refractivity contribution in [2.24, 2.45) is 0 Å². The van der Waals surface area contributed by atoms with E-state index >= 15 is 0 Å². The standard InChI is InChI=1S/C11H16N4S2/c1-11(2)3-4-15(5-6-16-11)10-8(7-12)9(13)14-17-10/h3-6H2,1-2H3,(H2,13,14). The smallest absolute Gasteiger partial charge is 0.157 e. The molecule has 1 aliphatic rings. The number of hydrogen-bond donors (Lipinski definition) is 1. The highest BCUT2D eigenvalue weighted by Crippen LogP contribution is 2.35. The second kappa shape index (κ2) is 4.75. The summed E-state index contributed by atoms with van der Waals surface area (Å²) in [6, 6.07) is 2.16.